The van der Waals surface area contributed by atoms with Crippen molar-refractivity contribution >= 4 is 0 Å². The van der Waals surface area contributed by atoms with Crippen LogP contribution in [0.5, 0.6) is 0 Å². The Balaban J connectivity index is 1.61. The van der Waals surface area contributed by atoms with Gasteiger partial charge in [0.1, 0.15) is 11.6 Å². The lowest BCUT2D eigenvalue weighted by molar-refractivity contribution is 0.474. The fourth-order valence-electron chi connectivity index (χ4n) is 2.48. The number of aryl methyl sites for hydroxylation is 4. The molecule has 0 aliphatic carbocycles. The summed E-state index contributed by atoms with van der Waals surface area (Å²) in [6.45, 7) is 8.16. The van der Waals surface area contributed by atoms with Gasteiger partial charge in [0.2, 0.25) is 0 Å². The molecule has 1 atom stereocenters. The fourth-order valence-corrected chi connectivity index (χ4v) is 2.48. The van der Waals surface area contributed by atoms with Crippen LogP contribution < -0.4 is 5.32 Å². The van der Waals surface area contributed by atoms with Crippen LogP contribution in [-0.2, 0) is 13.0 Å². The first kappa shape index (κ1) is 15.7. The molecular weight excluding hydrogens is 260 g/mol. The number of rotatable bonds is 8. The number of hydrogen-bond acceptors (Lipinski definition) is 3. The first-order valence-electron chi connectivity index (χ1n) is 7.80. The molecule has 1 aromatic heterocycles. The first-order chi connectivity index (χ1) is 10.1. The average molecular weight is 286 g/mol. The normalized spacial score (nSPS) is 12.5. The topological polar surface area (TPSA) is 42.7 Å². The predicted octanol–water partition coefficient (Wildman–Crippen LogP) is 2.90. The van der Waals surface area contributed by atoms with Crippen LogP contribution in [-0.4, -0.2) is 27.4 Å². The molecule has 1 aromatic carbocycles. The summed E-state index contributed by atoms with van der Waals surface area (Å²) < 4.78 is 1.99. The van der Waals surface area contributed by atoms with E-state index in [1.165, 1.54) is 12.0 Å². The van der Waals surface area contributed by atoms with Gasteiger partial charge in [-0.25, -0.2) is 4.98 Å². The molecule has 2 aromatic rings. The zero-order valence-electron chi connectivity index (χ0n) is 13.3. The molecule has 0 radical (unpaired) electrons. The van der Waals surface area contributed by atoms with Gasteiger partial charge in [-0.2, -0.15) is 5.10 Å². The van der Waals surface area contributed by atoms with E-state index in [0.717, 1.165) is 37.6 Å². The minimum atomic E-state index is 0.545. The molecule has 0 fully saturated rings. The summed E-state index contributed by atoms with van der Waals surface area (Å²) in [6.07, 6.45) is 3.39. The van der Waals surface area contributed by atoms with Crippen molar-refractivity contribution in [1.82, 2.24) is 20.1 Å². The highest BCUT2D eigenvalue weighted by Gasteiger charge is 2.04. The molecular formula is C17H26N4. The van der Waals surface area contributed by atoms with Gasteiger partial charge in [0.05, 0.1) is 0 Å². The third-order valence-corrected chi connectivity index (χ3v) is 3.71. The molecule has 21 heavy (non-hydrogen) atoms. The van der Waals surface area contributed by atoms with Gasteiger partial charge in [0, 0.05) is 12.6 Å². The van der Waals surface area contributed by atoms with E-state index in [4.69, 9.17) is 0 Å². The van der Waals surface area contributed by atoms with Crippen LogP contribution in [0.15, 0.2) is 30.3 Å². The van der Waals surface area contributed by atoms with Gasteiger partial charge < -0.3 is 5.32 Å². The Morgan fingerprint density at radius 3 is 2.62 bits per heavy atom. The summed E-state index contributed by atoms with van der Waals surface area (Å²) in [7, 11) is 0. The lowest BCUT2D eigenvalue weighted by Crippen LogP contribution is -2.28. The number of benzene rings is 1. The second-order valence-electron chi connectivity index (χ2n) is 5.66. The number of nitrogens with one attached hydrogen (secondary N) is 1. The summed E-state index contributed by atoms with van der Waals surface area (Å²) in [5.74, 6) is 1.86. The average Bonchev–Trinajstić information content (AvgIpc) is 2.80. The Bertz CT molecular complexity index is 533. The molecule has 0 unspecified atom stereocenters. The Morgan fingerprint density at radius 2 is 1.95 bits per heavy atom. The minimum Gasteiger partial charge on any atom is -0.314 e. The summed E-state index contributed by atoms with van der Waals surface area (Å²) in [4.78, 5) is 4.32. The highest BCUT2D eigenvalue weighted by molar-refractivity contribution is 5.14. The Kier molecular flexibility index (Phi) is 5.93. The van der Waals surface area contributed by atoms with E-state index in [1.54, 1.807) is 0 Å². The van der Waals surface area contributed by atoms with Gasteiger partial charge in [-0.3, -0.25) is 4.68 Å². The van der Waals surface area contributed by atoms with Crippen molar-refractivity contribution in [2.24, 2.45) is 0 Å². The molecule has 0 bridgehead atoms. The zero-order chi connectivity index (χ0) is 15.1. The van der Waals surface area contributed by atoms with E-state index < -0.39 is 0 Å². The lowest BCUT2D eigenvalue weighted by Gasteiger charge is -2.13. The van der Waals surface area contributed by atoms with Gasteiger partial charge in [0.25, 0.3) is 0 Å². The second kappa shape index (κ2) is 7.93. The maximum atomic E-state index is 4.38. The van der Waals surface area contributed by atoms with Crippen molar-refractivity contribution in [2.75, 3.05) is 6.54 Å². The molecule has 0 aliphatic rings. The zero-order valence-corrected chi connectivity index (χ0v) is 13.3. The molecule has 4 heteroatoms. The minimum absolute atomic E-state index is 0.545. The largest absolute Gasteiger partial charge is 0.314 e. The number of aromatic nitrogens is 3. The molecule has 1 N–H and O–H groups in total. The third-order valence-electron chi connectivity index (χ3n) is 3.71. The van der Waals surface area contributed by atoms with Crippen LogP contribution in [0.3, 0.4) is 0 Å². The fraction of sp³-hybridized carbons (Fsp3) is 0.529. The van der Waals surface area contributed by atoms with E-state index >= 15 is 0 Å². The Labute approximate surface area is 127 Å². The predicted molar refractivity (Wildman–Crippen MR) is 86.3 cm³/mol. The van der Waals surface area contributed by atoms with E-state index in [2.05, 4.69) is 52.7 Å². The van der Waals surface area contributed by atoms with Gasteiger partial charge in [0.15, 0.2) is 0 Å². The van der Waals surface area contributed by atoms with Crippen molar-refractivity contribution in [1.29, 1.82) is 0 Å². The molecule has 1 heterocycles. The molecule has 2 rings (SSSR count). The first-order valence-corrected chi connectivity index (χ1v) is 7.80. The van der Waals surface area contributed by atoms with Crippen molar-refractivity contribution in [2.45, 2.75) is 52.6 Å². The molecule has 4 nitrogen and oxygen atoms in total. The molecule has 114 valence electrons. The summed E-state index contributed by atoms with van der Waals surface area (Å²) >= 11 is 0. The van der Waals surface area contributed by atoms with Crippen LogP contribution in [0.2, 0.25) is 0 Å². The standard InChI is InChI=1S/C17H26N4/c1-14(10-11-17-8-5-4-6-9-17)18-12-7-13-21-16(3)19-15(2)20-21/h4-6,8-9,14,18H,7,10-13H2,1-3H3/t14-/m0/s1. The van der Waals surface area contributed by atoms with Crippen LogP contribution in [0.1, 0.15) is 37.0 Å². The molecule has 0 saturated carbocycles. The summed E-state index contributed by atoms with van der Waals surface area (Å²) in [5, 5.41) is 7.97. The van der Waals surface area contributed by atoms with E-state index in [-0.39, 0.29) is 0 Å². The van der Waals surface area contributed by atoms with Crippen LogP contribution >= 0.6 is 0 Å². The maximum Gasteiger partial charge on any atom is 0.147 e. The molecule has 0 saturated heterocycles. The smallest absolute Gasteiger partial charge is 0.147 e. The Morgan fingerprint density at radius 1 is 1.19 bits per heavy atom. The highest BCUT2D eigenvalue weighted by Crippen LogP contribution is 2.05. The van der Waals surface area contributed by atoms with E-state index in [9.17, 15) is 0 Å². The quantitative estimate of drug-likeness (QED) is 0.759. The van der Waals surface area contributed by atoms with Crippen LogP contribution in [0, 0.1) is 13.8 Å². The van der Waals surface area contributed by atoms with Crippen LogP contribution in [0.4, 0.5) is 0 Å². The van der Waals surface area contributed by atoms with Gasteiger partial charge in [-0.05, 0) is 52.1 Å². The van der Waals surface area contributed by atoms with Crippen molar-refractivity contribution in [3.63, 3.8) is 0 Å². The van der Waals surface area contributed by atoms with Gasteiger partial charge in [-0.1, -0.05) is 30.3 Å². The van der Waals surface area contributed by atoms with Crippen molar-refractivity contribution in [3.05, 3.63) is 47.5 Å². The summed E-state index contributed by atoms with van der Waals surface area (Å²) in [6, 6.07) is 11.2. The van der Waals surface area contributed by atoms with Crippen LogP contribution in [0.25, 0.3) is 0 Å². The van der Waals surface area contributed by atoms with Crippen molar-refractivity contribution in [3.8, 4) is 0 Å². The monoisotopic (exact) mass is 286 g/mol. The molecule has 0 amide bonds. The SMILES string of the molecule is Cc1nc(C)n(CCCN[C@@H](C)CCc2ccccc2)n1. The number of hydrogen-bond donors (Lipinski definition) is 1. The molecule has 0 aliphatic heterocycles. The van der Waals surface area contributed by atoms with E-state index in [0.29, 0.717) is 6.04 Å². The Hall–Kier alpha value is -1.68. The van der Waals surface area contributed by atoms with Gasteiger partial charge >= 0.3 is 0 Å². The summed E-state index contributed by atoms with van der Waals surface area (Å²) in [5.41, 5.74) is 1.42. The van der Waals surface area contributed by atoms with E-state index in [1.807, 2.05) is 18.5 Å². The second-order valence-corrected chi connectivity index (χ2v) is 5.66. The molecule has 0 spiro atoms. The van der Waals surface area contributed by atoms with Gasteiger partial charge in [-0.15, -0.1) is 0 Å². The van der Waals surface area contributed by atoms with Crippen molar-refractivity contribution < 1.29 is 0 Å². The number of nitrogens with zero attached hydrogens (tertiary/aromatic N) is 3. The maximum absolute atomic E-state index is 4.38. The highest BCUT2D eigenvalue weighted by atomic mass is 15.3. The lowest BCUT2D eigenvalue weighted by atomic mass is 10.1. The third kappa shape index (κ3) is 5.31.